The molecule has 3 aliphatic heterocycles. The van der Waals surface area contributed by atoms with Crippen LogP contribution in [-0.2, 0) is 0 Å². The van der Waals surface area contributed by atoms with E-state index in [1.165, 1.54) is 6.20 Å². The molecular formula is C17H18ClN3O3. The van der Waals surface area contributed by atoms with Gasteiger partial charge < -0.3 is 19.4 Å². The first-order chi connectivity index (χ1) is 11.7. The van der Waals surface area contributed by atoms with Crippen LogP contribution in [-0.4, -0.2) is 41.5 Å². The summed E-state index contributed by atoms with van der Waals surface area (Å²) in [5, 5.41) is 3.60. The molecule has 2 bridgehead atoms. The van der Waals surface area contributed by atoms with Gasteiger partial charge in [0.05, 0.1) is 0 Å². The predicted molar refractivity (Wildman–Crippen MR) is 88.4 cm³/mol. The fourth-order valence-corrected chi connectivity index (χ4v) is 3.60. The van der Waals surface area contributed by atoms with Gasteiger partial charge in [-0.3, -0.25) is 4.79 Å². The first-order valence-corrected chi connectivity index (χ1v) is 8.47. The van der Waals surface area contributed by atoms with Crippen molar-refractivity contribution in [2.45, 2.75) is 18.9 Å². The van der Waals surface area contributed by atoms with Crippen LogP contribution in [0.2, 0.25) is 5.02 Å². The summed E-state index contributed by atoms with van der Waals surface area (Å²) >= 11 is 5.91. The van der Waals surface area contributed by atoms with Gasteiger partial charge in [-0.05, 0) is 50.0 Å². The van der Waals surface area contributed by atoms with Crippen molar-refractivity contribution in [3.8, 4) is 11.7 Å². The number of benzene rings is 1. The molecule has 5 rings (SSSR count). The van der Waals surface area contributed by atoms with Crippen LogP contribution in [0.3, 0.4) is 0 Å². The highest BCUT2D eigenvalue weighted by atomic mass is 35.5. The molecule has 3 fully saturated rings. The Kier molecular flexibility index (Phi) is 4.16. The molecule has 0 radical (unpaired) electrons. The lowest BCUT2D eigenvalue weighted by atomic mass is 9.84. The number of ether oxygens (including phenoxy) is 1. The molecule has 0 saturated carbocycles. The molecule has 126 valence electrons. The molecule has 6 nitrogen and oxygen atoms in total. The van der Waals surface area contributed by atoms with Crippen molar-refractivity contribution in [2.75, 3.05) is 19.6 Å². The molecule has 0 unspecified atom stereocenters. The van der Waals surface area contributed by atoms with E-state index in [1.54, 1.807) is 24.3 Å². The molecule has 7 heteroatoms. The summed E-state index contributed by atoms with van der Waals surface area (Å²) in [4.78, 5) is 18.7. The molecule has 4 heterocycles. The van der Waals surface area contributed by atoms with E-state index in [4.69, 9.17) is 20.8 Å². The van der Waals surface area contributed by atoms with Gasteiger partial charge in [-0.2, -0.15) is 0 Å². The zero-order chi connectivity index (χ0) is 16.5. The van der Waals surface area contributed by atoms with Crippen LogP contribution in [0.5, 0.6) is 11.7 Å². The lowest BCUT2D eigenvalue weighted by molar-refractivity contribution is 0.0599. The minimum Gasteiger partial charge on any atom is -0.425 e. The molecule has 1 N–H and O–H groups in total. The molecule has 1 aromatic carbocycles. The van der Waals surface area contributed by atoms with Crippen LogP contribution >= 0.6 is 11.6 Å². The second-order valence-electron chi connectivity index (χ2n) is 6.26. The summed E-state index contributed by atoms with van der Waals surface area (Å²) in [6.45, 7) is 3.17. The van der Waals surface area contributed by atoms with Gasteiger partial charge in [0, 0.05) is 17.6 Å². The number of fused-ring (bicyclic) bond motifs is 3. The summed E-state index contributed by atoms with van der Waals surface area (Å²) in [5.74, 6) is 0.966. The van der Waals surface area contributed by atoms with Crippen LogP contribution in [0.25, 0.3) is 0 Å². The normalized spacial score (nSPS) is 25.5. The average molecular weight is 348 g/mol. The third kappa shape index (κ3) is 3.25. The molecule has 24 heavy (non-hydrogen) atoms. The van der Waals surface area contributed by atoms with E-state index >= 15 is 0 Å². The number of carbonyl (C=O) groups excluding carboxylic acids is 1. The van der Waals surface area contributed by atoms with E-state index in [0.717, 1.165) is 32.5 Å². The van der Waals surface area contributed by atoms with Gasteiger partial charge in [-0.25, -0.2) is 4.98 Å². The molecule has 3 aliphatic rings. The maximum Gasteiger partial charge on any atom is 0.311 e. The second-order valence-corrected chi connectivity index (χ2v) is 6.70. The molecular weight excluding hydrogens is 330 g/mol. The van der Waals surface area contributed by atoms with E-state index in [2.05, 4.69) is 15.2 Å². The van der Waals surface area contributed by atoms with E-state index < -0.39 is 0 Å². The average Bonchev–Trinajstić information content (AvgIpc) is 3.05. The van der Waals surface area contributed by atoms with Crippen LogP contribution in [0.15, 0.2) is 34.9 Å². The minimum absolute atomic E-state index is 0.0171. The number of amides is 1. The van der Waals surface area contributed by atoms with Crippen molar-refractivity contribution in [1.29, 1.82) is 0 Å². The number of hydrogen-bond acceptors (Lipinski definition) is 5. The molecule has 0 spiro atoms. The van der Waals surface area contributed by atoms with Crippen LogP contribution in [0.4, 0.5) is 0 Å². The summed E-state index contributed by atoms with van der Waals surface area (Å²) < 4.78 is 10.9. The maximum absolute atomic E-state index is 12.3. The number of carbonyl (C=O) groups is 1. The van der Waals surface area contributed by atoms with E-state index in [-0.39, 0.29) is 23.8 Å². The SMILES string of the molecule is O=C(N[C@H]1CN2CCC1CC2)c1ncc(Oc2cccc(Cl)c2)o1. The first-order valence-electron chi connectivity index (χ1n) is 8.10. The summed E-state index contributed by atoms with van der Waals surface area (Å²) in [6.07, 6.45) is 3.67. The zero-order valence-electron chi connectivity index (χ0n) is 13.1. The minimum atomic E-state index is -0.297. The largest absolute Gasteiger partial charge is 0.425 e. The van der Waals surface area contributed by atoms with Gasteiger partial charge in [0.15, 0.2) is 0 Å². The van der Waals surface area contributed by atoms with Gasteiger partial charge in [-0.15, -0.1) is 0 Å². The van der Waals surface area contributed by atoms with Crippen LogP contribution < -0.4 is 10.1 Å². The van der Waals surface area contributed by atoms with E-state index in [9.17, 15) is 4.79 Å². The lowest BCUT2D eigenvalue weighted by Gasteiger charge is -2.44. The predicted octanol–water partition coefficient (Wildman–Crippen LogP) is 2.94. The summed E-state index contributed by atoms with van der Waals surface area (Å²) in [6, 6.07) is 7.11. The van der Waals surface area contributed by atoms with Crippen molar-refractivity contribution < 1.29 is 13.9 Å². The zero-order valence-corrected chi connectivity index (χ0v) is 13.8. The maximum atomic E-state index is 12.3. The molecule has 2 aromatic rings. The van der Waals surface area contributed by atoms with Crippen molar-refractivity contribution >= 4 is 17.5 Å². The fourth-order valence-electron chi connectivity index (χ4n) is 3.42. The number of rotatable bonds is 4. The Morgan fingerprint density at radius 1 is 1.38 bits per heavy atom. The highest BCUT2D eigenvalue weighted by Gasteiger charge is 2.35. The molecule has 1 amide bonds. The Morgan fingerprint density at radius 3 is 2.92 bits per heavy atom. The third-order valence-corrected chi connectivity index (χ3v) is 4.90. The lowest BCUT2D eigenvalue weighted by Crippen LogP contribution is -2.57. The van der Waals surface area contributed by atoms with E-state index in [1.807, 2.05) is 0 Å². The van der Waals surface area contributed by atoms with Gasteiger partial charge in [0.2, 0.25) is 0 Å². The van der Waals surface area contributed by atoms with E-state index in [0.29, 0.717) is 16.7 Å². The number of oxazole rings is 1. The molecule has 1 aromatic heterocycles. The number of nitrogens with zero attached hydrogens (tertiary/aromatic N) is 2. The fraction of sp³-hybridized carbons (Fsp3) is 0.412. The Bertz CT molecular complexity index is 740. The number of hydrogen-bond donors (Lipinski definition) is 1. The van der Waals surface area contributed by atoms with Crippen LogP contribution in [0, 0.1) is 5.92 Å². The Morgan fingerprint density at radius 2 is 2.21 bits per heavy atom. The molecule has 0 aliphatic carbocycles. The highest BCUT2D eigenvalue weighted by Crippen LogP contribution is 2.28. The molecule has 3 saturated heterocycles. The van der Waals surface area contributed by atoms with Gasteiger partial charge in [0.1, 0.15) is 11.9 Å². The topological polar surface area (TPSA) is 67.6 Å². The summed E-state index contributed by atoms with van der Waals surface area (Å²) in [7, 11) is 0. The van der Waals surface area contributed by atoms with Crippen molar-refractivity contribution in [1.82, 2.24) is 15.2 Å². The number of halogens is 1. The molecule has 1 atom stereocenters. The Hall–Kier alpha value is -2.05. The first kappa shape index (κ1) is 15.5. The third-order valence-electron chi connectivity index (χ3n) is 4.67. The second kappa shape index (κ2) is 6.45. The Balaban J connectivity index is 1.40. The number of nitrogens with one attached hydrogen (secondary N) is 1. The smallest absolute Gasteiger partial charge is 0.311 e. The number of aromatic nitrogens is 1. The van der Waals surface area contributed by atoms with Gasteiger partial charge in [-0.1, -0.05) is 17.7 Å². The number of piperidine rings is 3. The van der Waals surface area contributed by atoms with Crippen LogP contribution in [0.1, 0.15) is 23.5 Å². The van der Waals surface area contributed by atoms with Crippen molar-refractivity contribution in [3.05, 3.63) is 41.4 Å². The van der Waals surface area contributed by atoms with Crippen molar-refractivity contribution in [2.24, 2.45) is 5.92 Å². The summed E-state index contributed by atoms with van der Waals surface area (Å²) in [5.41, 5.74) is 0. The van der Waals surface area contributed by atoms with Gasteiger partial charge >= 0.3 is 11.9 Å². The Labute approximate surface area is 144 Å². The standard InChI is InChI=1S/C17H18ClN3O3/c18-12-2-1-3-13(8-12)23-15-9-19-17(24-15)16(22)20-14-10-21-6-4-11(14)5-7-21/h1-3,8-9,11,14H,4-7,10H2,(H,20,22)/t14-/m0/s1. The monoisotopic (exact) mass is 347 g/mol. The van der Waals surface area contributed by atoms with Gasteiger partial charge in [0.25, 0.3) is 5.89 Å². The highest BCUT2D eigenvalue weighted by molar-refractivity contribution is 6.30. The quantitative estimate of drug-likeness (QED) is 0.921. The van der Waals surface area contributed by atoms with Crippen molar-refractivity contribution in [3.63, 3.8) is 0 Å².